The first-order valence-corrected chi connectivity index (χ1v) is 7.08. The van der Waals surface area contributed by atoms with Crippen LogP contribution in [-0.4, -0.2) is 60.2 Å². The van der Waals surface area contributed by atoms with Crippen LogP contribution in [0.4, 0.5) is 5.82 Å². The van der Waals surface area contributed by atoms with Gasteiger partial charge in [-0.1, -0.05) is 0 Å². The van der Waals surface area contributed by atoms with Crippen molar-refractivity contribution in [3.05, 3.63) is 18.1 Å². The zero-order valence-corrected chi connectivity index (χ0v) is 12.2. The molecule has 1 saturated heterocycles. The highest BCUT2D eigenvalue weighted by atomic mass is 16.5. The van der Waals surface area contributed by atoms with Gasteiger partial charge in [-0.15, -0.1) is 0 Å². The van der Waals surface area contributed by atoms with Gasteiger partial charge < -0.3 is 9.64 Å². The lowest BCUT2D eigenvalue weighted by molar-refractivity contribution is -0.144. The zero-order chi connectivity index (χ0) is 15.1. The Kier molecular flexibility index (Phi) is 5.46. The Morgan fingerprint density at radius 2 is 2.14 bits per heavy atom. The van der Waals surface area contributed by atoms with Crippen molar-refractivity contribution in [3.63, 3.8) is 0 Å². The number of anilines is 1. The van der Waals surface area contributed by atoms with Crippen LogP contribution in [0.3, 0.4) is 0 Å². The maximum atomic E-state index is 11.5. The summed E-state index contributed by atoms with van der Waals surface area (Å²) in [5.41, 5.74) is 0.344. The molecule has 0 atom stereocenters. The summed E-state index contributed by atoms with van der Waals surface area (Å²) in [6.45, 7) is 5.61. The van der Waals surface area contributed by atoms with Crippen LogP contribution >= 0.6 is 0 Å². The second kappa shape index (κ2) is 7.55. The van der Waals surface area contributed by atoms with E-state index in [0.717, 1.165) is 26.1 Å². The van der Waals surface area contributed by atoms with Crippen LogP contribution < -0.4 is 4.90 Å². The first kappa shape index (κ1) is 15.2. The van der Waals surface area contributed by atoms with E-state index in [1.165, 1.54) is 6.20 Å². The summed E-state index contributed by atoms with van der Waals surface area (Å²) in [6, 6.07) is 2.07. The third kappa shape index (κ3) is 4.13. The van der Waals surface area contributed by atoms with Crippen LogP contribution in [0.25, 0.3) is 0 Å². The Balaban J connectivity index is 1.98. The lowest BCUT2D eigenvalue weighted by Gasteiger charge is -2.22. The lowest BCUT2D eigenvalue weighted by Crippen LogP contribution is -2.35. The van der Waals surface area contributed by atoms with Crippen molar-refractivity contribution in [2.45, 2.75) is 13.3 Å². The molecule has 0 amide bonds. The lowest BCUT2D eigenvalue weighted by atomic mass is 10.3. The fourth-order valence-electron chi connectivity index (χ4n) is 2.37. The van der Waals surface area contributed by atoms with Gasteiger partial charge >= 0.3 is 5.97 Å². The van der Waals surface area contributed by atoms with Gasteiger partial charge in [-0.25, -0.2) is 9.97 Å². The second-order valence-electron chi connectivity index (χ2n) is 4.76. The van der Waals surface area contributed by atoms with Crippen LogP contribution in [0.5, 0.6) is 0 Å². The molecule has 1 aromatic rings. The van der Waals surface area contributed by atoms with Crippen molar-refractivity contribution in [1.82, 2.24) is 14.9 Å². The van der Waals surface area contributed by atoms with E-state index in [9.17, 15) is 4.79 Å². The maximum absolute atomic E-state index is 11.5. The zero-order valence-electron chi connectivity index (χ0n) is 12.2. The summed E-state index contributed by atoms with van der Waals surface area (Å²) >= 11 is 0. The Labute approximate surface area is 124 Å². The number of nitrogens with zero attached hydrogens (tertiary/aromatic N) is 5. The molecule has 7 nitrogen and oxygen atoms in total. The van der Waals surface area contributed by atoms with Gasteiger partial charge in [0, 0.05) is 38.6 Å². The molecule has 0 aromatic carbocycles. The Morgan fingerprint density at radius 1 is 1.33 bits per heavy atom. The van der Waals surface area contributed by atoms with Crippen LogP contribution in [0.15, 0.2) is 12.4 Å². The molecule has 1 aliphatic rings. The highest BCUT2D eigenvalue weighted by Gasteiger charge is 2.20. The van der Waals surface area contributed by atoms with Crippen molar-refractivity contribution in [1.29, 1.82) is 5.26 Å². The molecule has 0 saturated carbocycles. The molecule has 1 aromatic heterocycles. The molecule has 2 rings (SSSR count). The minimum absolute atomic E-state index is 0.192. The van der Waals surface area contributed by atoms with E-state index in [0.29, 0.717) is 31.2 Å². The van der Waals surface area contributed by atoms with E-state index in [2.05, 4.69) is 25.8 Å². The third-order valence-electron chi connectivity index (χ3n) is 3.33. The van der Waals surface area contributed by atoms with E-state index in [4.69, 9.17) is 10.00 Å². The standard InChI is InChI=1S/C14H19N5O2/c1-2-21-13(20)11-18-6-3-7-19(9-8-18)14-12(10-15)16-4-5-17-14/h4-5H,2-3,6-9,11H2,1H3. The predicted molar refractivity (Wildman–Crippen MR) is 76.7 cm³/mol. The first-order valence-electron chi connectivity index (χ1n) is 7.08. The number of aromatic nitrogens is 2. The second-order valence-corrected chi connectivity index (χ2v) is 4.76. The highest BCUT2D eigenvalue weighted by molar-refractivity contribution is 5.71. The van der Waals surface area contributed by atoms with Crippen LogP contribution in [0.1, 0.15) is 19.0 Å². The summed E-state index contributed by atoms with van der Waals surface area (Å²) < 4.78 is 4.97. The Bertz CT molecular complexity index is 528. The number of hydrogen-bond acceptors (Lipinski definition) is 7. The summed E-state index contributed by atoms with van der Waals surface area (Å²) in [5.74, 6) is 0.432. The molecule has 1 fully saturated rings. The Hall–Kier alpha value is -2.20. The molecule has 0 N–H and O–H groups in total. The number of rotatable bonds is 4. The fourth-order valence-corrected chi connectivity index (χ4v) is 2.37. The van der Waals surface area contributed by atoms with Gasteiger partial charge in [0.25, 0.3) is 0 Å². The van der Waals surface area contributed by atoms with E-state index in [1.807, 2.05) is 0 Å². The molecular weight excluding hydrogens is 270 g/mol. The molecule has 2 heterocycles. The van der Waals surface area contributed by atoms with Crippen LogP contribution in [0.2, 0.25) is 0 Å². The van der Waals surface area contributed by atoms with E-state index in [1.54, 1.807) is 13.1 Å². The van der Waals surface area contributed by atoms with E-state index in [-0.39, 0.29) is 5.97 Å². The molecule has 0 spiro atoms. The van der Waals surface area contributed by atoms with Crippen molar-refractivity contribution in [3.8, 4) is 6.07 Å². The number of esters is 1. The van der Waals surface area contributed by atoms with Crippen LogP contribution in [0, 0.1) is 11.3 Å². The molecule has 0 aliphatic carbocycles. The normalized spacial score (nSPS) is 16.1. The molecular formula is C14H19N5O2. The largest absolute Gasteiger partial charge is 0.465 e. The number of ether oxygens (including phenoxy) is 1. The maximum Gasteiger partial charge on any atom is 0.320 e. The number of carbonyl (C=O) groups is 1. The summed E-state index contributed by atoms with van der Waals surface area (Å²) in [7, 11) is 0. The Morgan fingerprint density at radius 3 is 2.90 bits per heavy atom. The van der Waals surface area contributed by atoms with Crippen molar-refractivity contribution < 1.29 is 9.53 Å². The van der Waals surface area contributed by atoms with Gasteiger partial charge in [-0.3, -0.25) is 9.69 Å². The summed E-state index contributed by atoms with van der Waals surface area (Å²) in [5, 5.41) is 9.10. The minimum atomic E-state index is -0.192. The predicted octanol–water partition coefficient (Wildman–Crippen LogP) is 0.423. The fraction of sp³-hybridized carbons (Fsp3) is 0.571. The number of carbonyl (C=O) groups excluding carboxylic acids is 1. The monoisotopic (exact) mass is 289 g/mol. The van der Waals surface area contributed by atoms with E-state index >= 15 is 0 Å². The molecule has 1 aliphatic heterocycles. The van der Waals surface area contributed by atoms with Gasteiger partial charge in [0.2, 0.25) is 0 Å². The summed E-state index contributed by atoms with van der Waals surface area (Å²) in [6.07, 6.45) is 4.02. The van der Waals surface area contributed by atoms with E-state index < -0.39 is 0 Å². The van der Waals surface area contributed by atoms with Gasteiger partial charge in [0.1, 0.15) is 6.07 Å². The molecule has 0 bridgehead atoms. The topological polar surface area (TPSA) is 82.3 Å². The molecule has 7 heteroatoms. The molecule has 112 valence electrons. The highest BCUT2D eigenvalue weighted by Crippen LogP contribution is 2.16. The van der Waals surface area contributed by atoms with Crippen molar-refractivity contribution in [2.24, 2.45) is 0 Å². The number of nitriles is 1. The van der Waals surface area contributed by atoms with Gasteiger partial charge in [-0.2, -0.15) is 5.26 Å². The van der Waals surface area contributed by atoms with Gasteiger partial charge in [0.15, 0.2) is 11.5 Å². The third-order valence-corrected chi connectivity index (χ3v) is 3.33. The van der Waals surface area contributed by atoms with Crippen molar-refractivity contribution >= 4 is 11.8 Å². The van der Waals surface area contributed by atoms with Crippen LogP contribution in [-0.2, 0) is 9.53 Å². The average Bonchev–Trinajstić information content (AvgIpc) is 2.73. The molecule has 0 unspecified atom stereocenters. The SMILES string of the molecule is CCOC(=O)CN1CCCN(c2nccnc2C#N)CC1. The quantitative estimate of drug-likeness (QED) is 0.743. The first-order chi connectivity index (χ1) is 10.2. The minimum Gasteiger partial charge on any atom is -0.465 e. The number of hydrogen-bond donors (Lipinski definition) is 0. The molecule has 0 radical (unpaired) electrons. The van der Waals surface area contributed by atoms with Gasteiger partial charge in [0.05, 0.1) is 13.2 Å². The smallest absolute Gasteiger partial charge is 0.320 e. The van der Waals surface area contributed by atoms with Gasteiger partial charge in [-0.05, 0) is 13.3 Å². The molecule has 21 heavy (non-hydrogen) atoms. The average molecular weight is 289 g/mol. The van der Waals surface area contributed by atoms with Crippen molar-refractivity contribution in [2.75, 3.05) is 44.2 Å². The summed E-state index contributed by atoms with van der Waals surface area (Å²) in [4.78, 5) is 24.0.